The van der Waals surface area contributed by atoms with E-state index in [1.807, 2.05) is 18.2 Å². The molecule has 98 valence electrons. The Hall–Kier alpha value is -1.92. The van der Waals surface area contributed by atoms with Crippen LogP contribution in [0.3, 0.4) is 0 Å². The summed E-state index contributed by atoms with van der Waals surface area (Å²) in [6.07, 6.45) is 2.72. The highest BCUT2D eigenvalue weighted by atomic mass is 79.9. The summed E-state index contributed by atoms with van der Waals surface area (Å²) < 4.78 is 6.04. The van der Waals surface area contributed by atoms with Crippen molar-refractivity contribution in [3.05, 3.63) is 40.5 Å². The van der Waals surface area contributed by atoms with E-state index in [2.05, 4.69) is 20.9 Å². The topological polar surface area (TPSA) is 71.5 Å². The average molecular weight is 323 g/mol. The molecule has 0 atom stereocenters. The van der Waals surface area contributed by atoms with E-state index in [9.17, 15) is 4.79 Å². The minimum atomic E-state index is -0.599. The smallest absolute Gasteiger partial charge is 0.267 e. The summed E-state index contributed by atoms with van der Waals surface area (Å²) in [5.41, 5.74) is 2.91. The number of fused-ring (bicyclic) bond motifs is 1. The number of amides is 1. The number of rotatable bonds is 3. The Kier molecular flexibility index (Phi) is 4.13. The maximum absolute atomic E-state index is 10.9. The molecule has 1 amide bonds. The lowest BCUT2D eigenvalue weighted by Crippen LogP contribution is -2.14. The number of nitrogens with zero attached hydrogens (tertiary/aromatic N) is 1. The third-order valence-electron chi connectivity index (χ3n) is 2.53. The Morgan fingerprint density at radius 2 is 2.21 bits per heavy atom. The zero-order valence-electron chi connectivity index (χ0n) is 10.1. The van der Waals surface area contributed by atoms with Crippen molar-refractivity contribution >= 4 is 38.8 Å². The number of ether oxygens (including phenoxy) is 1. The van der Waals surface area contributed by atoms with Gasteiger partial charge in [0.1, 0.15) is 5.75 Å². The predicted molar refractivity (Wildman–Crippen MR) is 75.0 cm³/mol. The van der Waals surface area contributed by atoms with Gasteiger partial charge in [-0.05, 0) is 46.3 Å². The molecular weight excluding hydrogens is 312 g/mol. The van der Waals surface area contributed by atoms with Gasteiger partial charge < -0.3 is 4.74 Å². The summed E-state index contributed by atoms with van der Waals surface area (Å²) in [5.74, 6) is 0.134. The molecule has 2 N–H and O–H groups in total. The Balaban J connectivity index is 2.42. The molecule has 0 saturated carbocycles. The average Bonchev–Trinajstić information content (AvgIpc) is 2.45. The van der Waals surface area contributed by atoms with E-state index in [0.29, 0.717) is 5.69 Å². The zero-order valence-corrected chi connectivity index (χ0v) is 11.6. The van der Waals surface area contributed by atoms with Crippen molar-refractivity contribution < 1.29 is 14.7 Å². The number of nitrogens with one attached hydrogen (secondary N) is 1. The number of methoxy groups -OCH3 is 1. The summed E-state index contributed by atoms with van der Waals surface area (Å²) in [4.78, 5) is 15.3. The van der Waals surface area contributed by atoms with Crippen molar-refractivity contribution in [3.8, 4) is 5.75 Å². The van der Waals surface area contributed by atoms with Crippen molar-refractivity contribution in [3.63, 3.8) is 0 Å². The second-order valence-corrected chi connectivity index (χ2v) is 4.49. The van der Waals surface area contributed by atoms with Gasteiger partial charge in [0.2, 0.25) is 0 Å². The number of hydrogen-bond acceptors (Lipinski definition) is 4. The van der Waals surface area contributed by atoms with Gasteiger partial charge in [-0.3, -0.25) is 10.0 Å². The highest BCUT2D eigenvalue weighted by molar-refractivity contribution is 9.10. The Labute approximate surface area is 118 Å². The highest BCUT2D eigenvalue weighted by Crippen LogP contribution is 2.32. The third kappa shape index (κ3) is 2.91. The van der Waals surface area contributed by atoms with E-state index in [4.69, 9.17) is 9.94 Å². The van der Waals surface area contributed by atoms with E-state index in [-0.39, 0.29) is 0 Å². The third-order valence-corrected chi connectivity index (χ3v) is 3.35. The molecule has 0 radical (unpaired) electrons. The van der Waals surface area contributed by atoms with E-state index >= 15 is 0 Å². The van der Waals surface area contributed by atoms with E-state index in [0.717, 1.165) is 21.1 Å². The SMILES string of the molecule is COc1ccc2nc(/C=C/C(=O)NO)ccc2c1Br. The maximum atomic E-state index is 10.9. The lowest BCUT2D eigenvalue weighted by molar-refractivity contribution is -0.124. The summed E-state index contributed by atoms with van der Waals surface area (Å²) in [6.45, 7) is 0. The molecule has 0 bridgehead atoms. The number of hydrogen-bond donors (Lipinski definition) is 2. The molecule has 2 aromatic rings. The first-order chi connectivity index (χ1) is 9.15. The van der Waals surface area contributed by atoms with Gasteiger partial charge in [0.15, 0.2) is 0 Å². The number of carbonyl (C=O) groups excluding carboxylic acids is 1. The fourth-order valence-corrected chi connectivity index (χ4v) is 2.24. The van der Waals surface area contributed by atoms with Gasteiger partial charge in [-0.1, -0.05) is 0 Å². The number of pyridine rings is 1. The molecule has 5 nitrogen and oxygen atoms in total. The highest BCUT2D eigenvalue weighted by Gasteiger charge is 2.06. The summed E-state index contributed by atoms with van der Waals surface area (Å²) in [7, 11) is 1.60. The van der Waals surface area contributed by atoms with E-state index < -0.39 is 5.91 Å². The standard InChI is InChI=1S/C13H11BrN2O3/c1-19-11-6-5-10-9(13(11)14)4-2-8(15-10)3-7-12(17)16-18/h2-7,18H,1H3,(H,16,17)/b7-3+. The van der Waals surface area contributed by atoms with Gasteiger partial charge in [0.25, 0.3) is 5.91 Å². The van der Waals surface area contributed by atoms with Crippen LogP contribution in [0.25, 0.3) is 17.0 Å². The van der Waals surface area contributed by atoms with Crippen molar-refractivity contribution in [1.82, 2.24) is 10.5 Å². The molecular formula is C13H11BrN2O3. The van der Waals surface area contributed by atoms with Crippen LogP contribution in [-0.2, 0) is 4.79 Å². The lowest BCUT2D eigenvalue weighted by Gasteiger charge is -2.06. The quantitative estimate of drug-likeness (QED) is 0.517. The van der Waals surface area contributed by atoms with Gasteiger partial charge in [-0.25, -0.2) is 10.5 Å². The minimum Gasteiger partial charge on any atom is -0.496 e. The number of benzene rings is 1. The molecule has 19 heavy (non-hydrogen) atoms. The van der Waals surface area contributed by atoms with Gasteiger partial charge in [0, 0.05) is 11.5 Å². The molecule has 2 rings (SSSR count). The van der Waals surface area contributed by atoms with Gasteiger partial charge >= 0.3 is 0 Å². The minimum absolute atomic E-state index is 0.599. The molecule has 0 fully saturated rings. The van der Waals surface area contributed by atoms with Crippen LogP contribution in [0.5, 0.6) is 5.75 Å². The molecule has 1 aromatic heterocycles. The largest absolute Gasteiger partial charge is 0.496 e. The number of aromatic nitrogens is 1. The fraction of sp³-hybridized carbons (Fsp3) is 0.0769. The maximum Gasteiger partial charge on any atom is 0.267 e. The molecule has 0 aliphatic heterocycles. The normalized spacial score (nSPS) is 10.9. The number of hydroxylamine groups is 1. The monoisotopic (exact) mass is 322 g/mol. The van der Waals surface area contributed by atoms with E-state index in [1.165, 1.54) is 17.6 Å². The Bertz CT molecular complexity index is 656. The van der Waals surface area contributed by atoms with Crippen LogP contribution in [0.2, 0.25) is 0 Å². The van der Waals surface area contributed by atoms with Crippen molar-refractivity contribution in [2.45, 2.75) is 0 Å². The van der Waals surface area contributed by atoms with Crippen molar-refractivity contribution in [2.24, 2.45) is 0 Å². The summed E-state index contributed by atoms with van der Waals surface area (Å²) in [5, 5.41) is 9.31. The van der Waals surface area contributed by atoms with Crippen molar-refractivity contribution in [1.29, 1.82) is 0 Å². The van der Waals surface area contributed by atoms with Gasteiger partial charge in [-0.15, -0.1) is 0 Å². The van der Waals surface area contributed by atoms with Crippen molar-refractivity contribution in [2.75, 3.05) is 7.11 Å². The Morgan fingerprint density at radius 3 is 2.89 bits per heavy atom. The molecule has 1 aromatic carbocycles. The van der Waals surface area contributed by atoms with Gasteiger partial charge in [-0.2, -0.15) is 0 Å². The summed E-state index contributed by atoms with van der Waals surface area (Å²) >= 11 is 3.46. The number of halogens is 1. The molecule has 0 saturated heterocycles. The first-order valence-corrected chi connectivity index (χ1v) is 6.20. The van der Waals surface area contributed by atoms with E-state index in [1.54, 1.807) is 13.2 Å². The fourth-order valence-electron chi connectivity index (χ4n) is 1.61. The van der Waals surface area contributed by atoms with Crippen LogP contribution in [0.1, 0.15) is 5.69 Å². The molecule has 0 unspecified atom stereocenters. The van der Waals surface area contributed by atoms with Crippen LogP contribution >= 0.6 is 15.9 Å². The second-order valence-electron chi connectivity index (χ2n) is 3.69. The first kappa shape index (κ1) is 13.5. The van der Waals surface area contributed by atoms with Crippen LogP contribution in [0.4, 0.5) is 0 Å². The van der Waals surface area contributed by atoms with Crippen LogP contribution in [-0.4, -0.2) is 23.2 Å². The van der Waals surface area contributed by atoms with Crippen LogP contribution < -0.4 is 10.2 Å². The molecule has 0 spiro atoms. The molecule has 1 heterocycles. The predicted octanol–water partition coefficient (Wildman–Crippen LogP) is 2.52. The van der Waals surface area contributed by atoms with Crippen LogP contribution in [0, 0.1) is 0 Å². The summed E-state index contributed by atoms with van der Waals surface area (Å²) in [6, 6.07) is 7.30. The Morgan fingerprint density at radius 1 is 1.42 bits per heavy atom. The number of carbonyl (C=O) groups is 1. The molecule has 6 heteroatoms. The lowest BCUT2D eigenvalue weighted by atomic mass is 10.2. The first-order valence-electron chi connectivity index (χ1n) is 5.41. The van der Waals surface area contributed by atoms with Gasteiger partial charge in [0.05, 0.1) is 22.8 Å². The molecule has 0 aliphatic rings. The van der Waals surface area contributed by atoms with Crippen LogP contribution in [0.15, 0.2) is 34.8 Å². The zero-order chi connectivity index (χ0) is 13.8. The molecule has 0 aliphatic carbocycles. The second kappa shape index (κ2) is 5.81.